The van der Waals surface area contributed by atoms with Crippen LogP contribution in [0.4, 0.5) is 22.0 Å². The number of carbonyl (C=O) groups is 1. The second-order valence-electron chi connectivity index (χ2n) is 10.1. The van der Waals surface area contributed by atoms with Gasteiger partial charge in [0.2, 0.25) is 0 Å². The van der Waals surface area contributed by atoms with Gasteiger partial charge in [-0.1, -0.05) is 6.07 Å². The highest BCUT2D eigenvalue weighted by molar-refractivity contribution is 6.00. The van der Waals surface area contributed by atoms with Crippen molar-refractivity contribution in [2.24, 2.45) is 0 Å². The molecule has 1 aliphatic heterocycles. The van der Waals surface area contributed by atoms with E-state index in [4.69, 9.17) is 4.74 Å². The van der Waals surface area contributed by atoms with Crippen LogP contribution in [0.3, 0.4) is 0 Å². The Hall–Kier alpha value is -4.10. The van der Waals surface area contributed by atoms with Gasteiger partial charge in [-0.25, -0.2) is 18.3 Å². The van der Waals surface area contributed by atoms with Gasteiger partial charge in [0, 0.05) is 42.4 Å². The standard InChI is InChI=1S/C29H28F5N5O3/c1-16-14-37(23(15-40)24-21(30)5-4-6-22(24)31)11-12-38(16)28(41)20-13-35-39-26(29(32,33)34)17(2)25(36-27(20)39)18-7-9-19(42-3)10-8-18/h4-10,13,16,23,40H,11-12,14-15H2,1-3H3/t16-,23+/m1/s1. The summed E-state index contributed by atoms with van der Waals surface area (Å²) in [5.74, 6) is -1.65. The van der Waals surface area contributed by atoms with Crippen molar-refractivity contribution >= 4 is 11.6 Å². The lowest BCUT2D eigenvalue weighted by Gasteiger charge is -2.43. The molecule has 1 saturated heterocycles. The van der Waals surface area contributed by atoms with E-state index in [1.165, 1.54) is 25.0 Å². The number of aliphatic hydroxyl groups is 1. The molecule has 0 unspecified atom stereocenters. The van der Waals surface area contributed by atoms with E-state index in [0.717, 1.165) is 18.3 Å². The van der Waals surface area contributed by atoms with Gasteiger partial charge in [0.05, 0.1) is 31.6 Å². The first-order valence-corrected chi connectivity index (χ1v) is 13.2. The fourth-order valence-corrected chi connectivity index (χ4v) is 5.53. The molecule has 42 heavy (non-hydrogen) atoms. The third kappa shape index (κ3) is 5.18. The SMILES string of the molecule is COc1ccc(-c2nc3c(C(=O)N4CCN([C@@H](CO)c5c(F)cccc5F)C[C@H]4C)cnn3c(C(F)(F)F)c2C)cc1. The summed E-state index contributed by atoms with van der Waals surface area (Å²) >= 11 is 0. The quantitative estimate of drug-likeness (QED) is 0.323. The molecule has 1 amide bonds. The Balaban J connectivity index is 1.49. The zero-order valence-corrected chi connectivity index (χ0v) is 23.0. The van der Waals surface area contributed by atoms with Crippen molar-refractivity contribution in [2.45, 2.75) is 32.1 Å². The highest BCUT2D eigenvalue weighted by Gasteiger charge is 2.40. The molecular formula is C29H28F5N5O3. The minimum atomic E-state index is -4.79. The first-order valence-electron chi connectivity index (χ1n) is 13.2. The van der Waals surface area contributed by atoms with E-state index < -0.39 is 48.1 Å². The number of fused-ring (bicyclic) bond motifs is 1. The summed E-state index contributed by atoms with van der Waals surface area (Å²) in [5.41, 5.74) is -1.39. The molecule has 13 heteroatoms. The fraction of sp³-hybridized carbons (Fsp3) is 0.345. The van der Waals surface area contributed by atoms with Crippen LogP contribution in [0.5, 0.6) is 5.75 Å². The monoisotopic (exact) mass is 589 g/mol. The summed E-state index contributed by atoms with van der Waals surface area (Å²) in [6, 6.07) is 8.33. The molecule has 2 aromatic heterocycles. The van der Waals surface area contributed by atoms with Gasteiger partial charge in [-0.15, -0.1) is 0 Å². The molecule has 2 aromatic carbocycles. The number of benzene rings is 2. The minimum absolute atomic E-state index is 0.0441. The topological polar surface area (TPSA) is 83.2 Å². The van der Waals surface area contributed by atoms with Crippen LogP contribution in [0.25, 0.3) is 16.9 Å². The van der Waals surface area contributed by atoms with Gasteiger partial charge in [0.25, 0.3) is 5.91 Å². The largest absolute Gasteiger partial charge is 0.497 e. The predicted octanol–water partition coefficient (Wildman–Crippen LogP) is 4.89. The van der Waals surface area contributed by atoms with Crippen LogP contribution >= 0.6 is 0 Å². The predicted molar refractivity (Wildman–Crippen MR) is 143 cm³/mol. The number of halogens is 5. The van der Waals surface area contributed by atoms with Crippen LogP contribution in [-0.4, -0.2) is 74.8 Å². The van der Waals surface area contributed by atoms with Crippen LogP contribution in [0.15, 0.2) is 48.7 Å². The van der Waals surface area contributed by atoms with Crippen molar-refractivity contribution in [3.8, 4) is 17.0 Å². The number of hydrogen-bond donors (Lipinski definition) is 1. The minimum Gasteiger partial charge on any atom is -0.497 e. The lowest BCUT2D eigenvalue weighted by Crippen LogP contribution is -2.55. The second-order valence-corrected chi connectivity index (χ2v) is 10.1. The van der Waals surface area contributed by atoms with Crippen LogP contribution in [0, 0.1) is 18.6 Å². The summed E-state index contributed by atoms with van der Waals surface area (Å²) < 4.78 is 77.6. The number of hydrogen-bond acceptors (Lipinski definition) is 6. The lowest BCUT2D eigenvalue weighted by atomic mass is 10.0. The van der Waals surface area contributed by atoms with Crippen LogP contribution < -0.4 is 4.74 Å². The molecule has 0 aliphatic carbocycles. The maximum atomic E-state index is 14.5. The van der Waals surface area contributed by atoms with Crippen molar-refractivity contribution in [2.75, 3.05) is 33.4 Å². The highest BCUT2D eigenvalue weighted by Crippen LogP contribution is 2.37. The number of rotatable bonds is 6. The highest BCUT2D eigenvalue weighted by atomic mass is 19.4. The van der Waals surface area contributed by atoms with Gasteiger partial charge in [0.1, 0.15) is 22.9 Å². The third-order valence-electron chi connectivity index (χ3n) is 7.61. The zero-order valence-electron chi connectivity index (χ0n) is 23.0. The summed E-state index contributed by atoms with van der Waals surface area (Å²) in [4.78, 5) is 21.3. The third-order valence-corrected chi connectivity index (χ3v) is 7.61. The van der Waals surface area contributed by atoms with Crippen LogP contribution in [0.1, 0.15) is 40.1 Å². The molecule has 222 valence electrons. The molecule has 1 N–H and O–H groups in total. The Bertz CT molecular complexity index is 1600. The normalized spacial score (nSPS) is 17.1. The number of amides is 1. The molecule has 5 rings (SSSR count). The number of carbonyl (C=O) groups excluding carboxylic acids is 1. The summed E-state index contributed by atoms with van der Waals surface area (Å²) in [7, 11) is 1.47. The number of alkyl halides is 3. The zero-order chi connectivity index (χ0) is 30.3. The lowest BCUT2D eigenvalue weighted by molar-refractivity contribution is -0.143. The summed E-state index contributed by atoms with van der Waals surface area (Å²) in [5, 5.41) is 13.9. The van der Waals surface area contributed by atoms with E-state index in [1.54, 1.807) is 36.1 Å². The maximum Gasteiger partial charge on any atom is 0.433 e. The van der Waals surface area contributed by atoms with Crippen LogP contribution in [-0.2, 0) is 6.18 Å². The van der Waals surface area contributed by atoms with E-state index in [-0.39, 0.29) is 47.7 Å². The van der Waals surface area contributed by atoms with Crippen molar-refractivity contribution in [1.82, 2.24) is 24.4 Å². The molecule has 1 fully saturated rings. The fourth-order valence-electron chi connectivity index (χ4n) is 5.53. The number of piperazine rings is 1. The number of aromatic nitrogens is 3. The Morgan fingerprint density at radius 1 is 1.12 bits per heavy atom. The molecule has 0 saturated carbocycles. The van der Waals surface area contributed by atoms with Crippen molar-refractivity contribution in [1.29, 1.82) is 0 Å². The molecule has 0 radical (unpaired) electrons. The average molecular weight is 590 g/mol. The second kappa shape index (κ2) is 11.3. The Labute approximate surface area is 237 Å². The van der Waals surface area contributed by atoms with Crippen LogP contribution in [0.2, 0.25) is 0 Å². The number of ether oxygens (including phenoxy) is 1. The Kier molecular flexibility index (Phi) is 7.90. The molecule has 2 atom stereocenters. The van der Waals surface area contributed by atoms with Crippen molar-refractivity contribution in [3.63, 3.8) is 0 Å². The van der Waals surface area contributed by atoms with Gasteiger partial charge >= 0.3 is 6.18 Å². The molecule has 0 spiro atoms. The number of methoxy groups -OCH3 is 1. The van der Waals surface area contributed by atoms with Gasteiger partial charge in [-0.3, -0.25) is 9.69 Å². The average Bonchev–Trinajstić information content (AvgIpc) is 3.36. The molecule has 1 aliphatic rings. The first kappa shape index (κ1) is 29.4. The summed E-state index contributed by atoms with van der Waals surface area (Å²) in [6.07, 6.45) is -3.72. The molecular weight excluding hydrogens is 561 g/mol. The van der Waals surface area contributed by atoms with Crippen molar-refractivity contribution in [3.05, 3.63) is 82.7 Å². The van der Waals surface area contributed by atoms with E-state index in [1.807, 2.05) is 0 Å². The van der Waals surface area contributed by atoms with Crippen molar-refractivity contribution < 1.29 is 36.6 Å². The molecule has 3 heterocycles. The Morgan fingerprint density at radius 2 is 1.79 bits per heavy atom. The Morgan fingerprint density at radius 3 is 2.36 bits per heavy atom. The van der Waals surface area contributed by atoms with E-state index in [0.29, 0.717) is 15.8 Å². The van der Waals surface area contributed by atoms with E-state index in [2.05, 4.69) is 10.1 Å². The molecule has 4 aromatic rings. The van der Waals surface area contributed by atoms with Gasteiger partial charge < -0.3 is 14.7 Å². The van der Waals surface area contributed by atoms with E-state index >= 15 is 0 Å². The molecule has 0 bridgehead atoms. The van der Waals surface area contributed by atoms with Gasteiger partial charge in [-0.2, -0.15) is 18.3 Å². The van der Waals surface area contributed by atoms with Gasteiger partial charge in [-0.05, 0) is 50.2 Å². The summed E-state index contributed by atoms with van der Waals surface area (Å²) in [6.45, 7) is 2.86. The molecule has 8 nitrogen and oxygen atoms in total. The van der Waals surface area contributed by atoms with Gasteiger partial charge in [0.15, 0.2) is 11.3 Å². The number of aliphatic hydroxyl groups excluding tert-OH is 1. The number of nitrogens with zero attached hydrogens (tertiary/aromatic N) is 5. The smallest absolute Gasteiger partial charge is 0.433 e. The maximum absolute atomic E-state index is 14.5. The first-order chi connectivity index (χ1) is 20.0. The van der Waals surface area contributed by atoms with E-state index in [9.17, 15) is 31.9 Å².